The summed E-state index contributed by atoms with van der Waals surface area (Å²) in [6.07, 6.45) is 4.79. The second-order valence-corrected chi connectivity index (χ2v) is 8.52. The molecule has 0 spiro atoms. The fourth-order valence-electron chi connectivity index (χ4n) is 4.87. The van der Waals surface area contributed by atoms with Crippen molar-refractivity contribution in [3.8, 4) is 0 Å². The van der Waals surface area contributed by atoms with Crippen LogP contribution >= 0.6 is 11.6 Å². The molecule has 6 rings (SSSR count). The van der Waals surface area contributed by atoms with E-state index in [-0.39, 0.29) is 17.7 Å². The maximum absolute atomic E-state index is 13.6. The number of ketones is 1. The summed E-state index contributed by atoms with van der Waals surface area (Å²) in [5, 5.41) is 4.18. The summed E-state index contributed by atoms with van der Waals surface area (Å²) in [6.45, 7) is 0. The Kier molecular flexibility index (Phi) is 4.18. The molecule has 1 N–H and O–H groups in total. The summed E-state index contributed by atoms with van der Waals surface area (Å²) in [6, 6.07) is 19.5. The smallest absolute Gasteiger partial charge is 0.209 e. The van der Waals surface area contributed by atoms with E-state index >= 15 is 0 Å². The summed E-state index contributed by atoms with van der Waals surface area (Å²) in [5.41, 5.74) is 5.72. The first-order valence-corrected chi connectivity index (χ1v) is 10.7. The number of anilines is 1. The number of nitrogens with one attached hydrogen (secondary N) is 1. The van der Waals surface area contributed by atoms with E-state index in [2.05, 4.69) is 14.9 Å². The maximum Gasteiger partial charge on any atom is 0.209 e. The van der Waals surface area contributed by atoms with Gasteiger partial charge in [0, 0.05) is 35.1 Å². The minimum atomic E-state index is -0.250. The Morgan fingerprint density at radius 2 is 1.87 bits per heavy atom. The van der Waals surface area contributed by atoms with Crippen LogP contribution in [0.1, 0.15) is 35.9 Å². The van der Waals surface area contributed by atoms with Crippen molar-refractivity contribution in [3.63, 3.8) is 0 Å². The minimum absolute atomic E-state index is 0.0860. The first-order valence-electron chi connectivity index (χ1n) is 10.3. The molecule has 0 saturated heterocycles. The fraction of sp³-hybridized carbons (Fsp3) is 0.160. The van der Waals surface area contributed by atoms with Gasteiger partial charge in [-0.25, -0.2) is 4.98 Å². The Hall–Kier alpha value is -3.44. The molecule has 0 fully saturated rings. The lowest BCUT2D eigenvalue weighted by Crippen LogP contribution is -2.33. The number of hydrogen-bond acceptors (Lipinski definition) is 4. The summed E-state index contributed by atoms with van der Waals surface area (Å²) < 4.78 is 2.13. The Bertz CT molecular complexity index is 1360. The van der Waals surface area contributed by atoms with Crippen LogP contribution in [0.3, 0.4) is 0 Å². The maximum atomic E-state index is 13.6. The van der Waals surface area contributed by atoms with Gasteiger partial charge >= 0.3 is 0 Å². The average molecular weight is 427 g/mol. The van der Waals surface area contributed by atoms with E-state index < -0.39 is 0 Å². The number of benzene rings is 2. The fourth-order valence-corrected chi connectivity index (χ4v) is 5.07. The number of hydrogen-bond donors (Lipinski definition) is 1. The quantitative estimate of drug-likeness (QED) is 0.459. The van der Waals surface area contributed by atoms with Crippen molar-refractivity contribution in [2.75, 3.05) is 5.32 Å². The Labute approximate surface area is 184 Å². The molecule has 0 bridgehead atoms. The largest absolute Gasteiger partial charge is 0.329 e. The second-order valence-electron chi connectivity index (χ2n) is 8.08. The SMILES string of the molecule is O=C1C[C@@H](c2cccc(Cl)c2)CC2=C1[C@@H](c1cccnc1)n1c(nc3ccccc31)N2. The Morgan fingerprint density at radius 3 is 2.71 bits per heavy atom. The number of fused-ring (bicyclic) bond motifs is 3. The topological polar surface area (TPSA) is 59.8 Å². The first-order chi connectivity index (χ1) is 15.2. The van der Waals surface area contributed by atoms with Gasteiger partial charge in [0.05, 0.1) is 17.1 Å². The minimum Gasteiger partial charge on any atom is -0.329 e. The van der Waals surface area contributed by atoms with Crippen LogP contribution in [0.4, 0.5) is 5.95 Å². The third-order valence-corrected chi connectivity index (χ3v) is 6.45. The van der Waals surface area contributed by atoms with Crippen LogP contribution in [-0.4, -0.2) is 20.3 Å². The lowest BCUT2D eigenvalue weighted by atomic mass is 9.78. The van der Waals surface area contributed by atoms with Gasteiger partial charge in [-0.1, -0.05) is 41.9 Å². The highest BCUT2D eigenvalue weighted by atomic mass is 35.5. The number of rotatable bonds is 2. The van der Waals surface area contributed by atoms with Crippen molar-refractivity contribution >= 4 is 34.4 Å². The number of para-hydroxylation sites is 2. The zero-order chi connectivity index (χ0) is 20.9. The number of Topliss-reactive ketones (excluding diaryl/α,β-unsaturated/α-hetero) is 1. The number of carbonyl (C=O) groups is 1. The monoisotopic (exact) mass is 426 g/mol. The van der Waals surface area contributed by atoms with Gasteiger partial charge in [0.2, 0.25) is 5.95 Å². The van der Waals surface area contributed by atoms with E-state index in [9.17, 15) is 4.79 Å². The zero-order valence-corrected chi connectivity index (χ0v) is 17.4. The summed E-state index contributed by atoms with van der Waals surface area (Å²) >= 11 is 6.22. The molecule has 2 aromatic carbocycles. The predicted octanol–water partition coefficient (Wildman–Crippen LogP) is 5.50. The molecule has 0 amide bonds. The highest BCUT2D eigenvalue weighted by Gasteiger charge is 2.39. The number of carbonyl (C=O) groups excluding carboxylic acids is 1. The molecule has 2 atom stereocenters. The molecule has 5 nitrogen and oxygen atoms in total. The van der Waals surface area contributed by atoms with Crippen molar-refractivity contribution < 1.29 is 4.79 Å². The highest BCUT2D eigenvalue weighted by Crippen LogP contribution is 2.45. The number of aromatic nitrogens is 3. The van der Waals surface area contributed by atoms with Crippen molar-refractivity contribution in [1.82, 2.24) is 14.5 Å². The van der Waals surface area contributed by atoms with Gasteiger partial charge in [-0.2, -0.15) is 0 Å². The zero-order valence-electron chi connectivity index (χ0n) is 16.6. The number of imidazole rings is 1. The molecule has 31 heavy (non-hydrogen) atoms. The van der Waals surface area contributed by atoms with E-state index in [4.69, 9.17) is 16.6 Å². The van der Waals surface area contributed by atoms with Crippen LogP contribution in [-0.2, 0) is 4.79 Å². The first kappa shape index (κ1) is 18.3. The molecule has 0 radical (unpaired) electrons. The molecule has 1 aliphatic carbocycles. The number of allylic oxidation sites excluding steroid dienone is 2. The molecule has 4 aromatic rings. The van der Waals surface area contributed by atoms with E-state index in [1.54, 1.807) is 6.20 Å². The van der Waals surface area contributed by atoms with Gasteiger partial charge in [-0.3, -0.25) is 14.3 Å². The van der Waals surface area contributed by atoms with Gasteiger partial charge in [0.25, 0.3) is 0 Å². The standard InChI is InChI=1S/C25H19ClN4O/c26-18-7-3-5-15(11-18)17-12-20-23(22(31)13-17)24(16-6-4-10-27-14-16)30-21-9-2-1-8-19(21)28-25(30)29-20/h1-11,14,17,24H,12-13H2,(H,28,29)/t17-,24+/m0/s1. The van der Waals surface area contributed by atoms with Crippen LogP contribution in [0, 0.1) is 0 Å². The van der Waals surface area contributed by atoms with E-state index in [1.807, 2.05) is 66.9 Å². The van der Waals surface area contributed by atoms with Gasteiger partial charge < -0.3 is 5.32 Å². The van der Waals surface area contributed by atoms with E-state index in [0.29, 0.717) is 11.4 Å². The molecular weight excluding hydrogens is 408 g/mol. The molecule has 1 aliphatic heterocycles. The summed E-state index contributed by atoms with van der Waals surface area (Å²) in [5.74, 6) is 0.993. The molecule has 0 unspecified atom stereocenters. The molecule has 2 aliphatic rings. The van der Waals surface area contributed by atoms with Crippen LogP contribution in [0.25, 0.3) is 11.0 Å². The van der Waals surface area contributed by atoms with E-state index in [1.165, 1.54) is 0 Å². The van der Waals surface area contributed by atoms with Crippen molar-refractivity contribution in [1.29, 1.82) is 0 Å². The van der Waals surface area contributed by atoms with Crippen molar-refractivity contribution in [2.24, 2.45) is 0 Å². The van der Waals surface area contributed by atoms with Crippen LogP contribution in [0.2, 0.25) is 5.02 Å². The van der Waals surface area contributed by atoms with Crippen LogP contribution in [0.5, 0.6) is 0 Å². The summed E-state index contributed by atoms with van der Waals surface area (Å²) in [4.78, 5) is 22.7. The molecule has 2 aromatic heterocycles. The second kappa shape index (κ2) is 7.06. The molecule has 6 heteroatoms. The molecule has 152 valence electrons. The number of halogens is 1. The summed E-state index contributed by atoms with van der Waals surface area (Å²) in [7, 11) is 0. The van der Waals surface area contributed by atoms with E-state index in [0.717, 1.165) is 45.8 Å². The third kappa shape index (κ3) is 2.96. The lowest BCUT2D eigenvalue weighted by Gasteiger charge is -2.36. The van der Waals surface area contributed by atoms with Crippen LogP contribution < -0.4 is 5.32 Å². The lowest BCUT2D eigenvalue weighted by molar-refractivity contribution is -0.116. The van der Waals surface area contributed by atoms with Gasteiger partial charge in [0.15, 0.2) is 5.78 Å². The molecule has 3 heterocycles. The average Bonchev–Trinajstić information content (AvgIpc) is 3.16. The molecular formula is C25H19ClN4O. The van der Waals surface area contributed by atoms with Crippen molar-refractivity contribution in [2.45, 2.75) is 24.8 Å². The number of pyridine rings is 1. The normalized spacial score (nSPS) is 20.4. The van der Waals surface area contributed by atoms with Crippen LogP contribution in [0.15, 0.2) is 84.3 Å². The Morgan fingerprint density at radius 1 is 1.00 bits per heavy atom. The van der Waals surface area contributed by atoms with Crippen molar-refractivity contribution in [3.05, 3.63) is 100 Å². The predicted molar refractivity (Wildman–Crippen MR) is 121 cm³/mol. The third-order valence-electron chi connectivity index (χ3n) is 6.22. The highest BCUT2D eigenvalue weighted by molar-refractivity contribution is 6.30. The molecule has 0 saturated carbocycles. The number of nitrogens with zero attached hydrogens (tertiary/aromatic N) is 3. The van der Waals surface area contributed by atoms with Gasteiger partial charge in [-0.05, 0) is 53.8 Å². The van der Waals surface area contributed by atoms with Gasteiger partial charge in [-0.15, -0.1) is 0 Å². The Balaban J connectivity index is 1.52. The van der Waals surface area contributed by atoms with Gasteiger partial charge in [0.1, 0.15) is 0 Å².